The standard InChI is InChI=1S/C47H29N3/c48-30-31-14-16-32(17-15-31)33-18-21-36(22-19-33)44-29-43(35-9-2-1-3-10-35)49-47(50-44)38-25-23-37(24-26-38)45-42-13-7-5-11-39(42)28-40-27-20-34-8-4-6-12-41(34)46(40)45/h1-29H. The summed E-state index contributed by atoms with van der Waals surface area (Å²) in [5, 5.41) is 16.6. The molecule has 0 aliphatic carbocycles. The number of hydrogen-bond donors (Lipinski definition) is 0. The highest BCUT2D eigenvalue weighted by atomic mass is 14.9. The molecule has 0 fully saturated rings. The Hall–Kier alpha value is -6.89. The van der Waals surface area contributed by atoms with E-state index in [1.807, 2.05) is 42.5 Å². The minimum atomic E-state index is 0.652. The van der Waals surface area contributed by atoms with Crippen molar-refractivity contribution in [2.45, 2.75) is 0 Å². The molecule has 8 aromatic carbocycles. The third-order valence-corrected chi connectivity index (χ3v) is 9.51. The lowest BCUT2D eigenvalue weighted by Crippen LogP contribution is -1.96. The zero-order chi connectivity index (χ0) is 33.4. The molecule has 0 saturated carbocycles. The van der Waals surface area contributed by atoms with Gasteiger partial charge in [-0.15, -0.1) is 0 Å². The Morgan fingerprint density at radius 2 is 0.900 bits per heavy atom. The molecule has 3 heteroatoms. The van der Waals surface area contributed by atoms with Crippen LogP contribution >= 0.6 is 0 Å². The number of hydrogen-bond acceptors (Lipinski definition) is 3. The first-order chi connectivity index (χ1) is 24.7. The Bertz CT molecular complexity index is 2720. The molecule has 0 amide bonds. The Balaban J connectivity index is 1.16. The van der Waals surface area contributed by atoms with E-state index in [-0.39, 0.29) is 0 Å². The molecule has 0 radical (unpaired) electrons. The molecule has 232 valence electrons. The van der Waals surface area contributed by atoms with Crippen LogP contribution < -0.4 is 0 Å². The maximum Gasteiger partial charge on any atom is 0.160 e. The topological polar surface area (TPSA) is 49.6 Å². The van der Waals surface area contributed by atoms with E-state index < -0.39 is 0 Å². The van der Waals surface area contributed by atoms with Crippen molar-refractivity contribution < 1.29 is 0 Å². The van der Waals surface area contributed by atoms with Crippen molar-refractivity contribution >= 4 is 32.3 Å². The minimum absolute atomic E-state index is 0.652. The van der Waals surface area contributed by atoms with E-state index in [0.29, 0.717) is 11.4 Å². The molecule has 0 atom stereocenters. The van der Waals surface area contributed by atoms with Crippen LogP contribution in [0.1, 0.15) is 5.56 Å². The van der Waals surface area contributed by atoms with Crippen molar-refractivity contribution in [2.75, 3.05) is 0 Å². The van der Waals surface area contributed by atoms with Crippen LogP contribution in [-0.4, -0.2) is 9.97 Å². The fourth-order valence-corrected chi connectivity index (χ4v) is 6.98. The molecule has 9 aromatic rings. The van der Waals surface area contributed by atoms with Gasteiger partial charge in [0.05, 0.1) is 23.0 Å². The number of benzene rings is 8. The van der Waals surface area contributed by atoms with Gasteiger partial charge < -0.3 is 0 Å². The molecule has 0 bridgehead atoms. The zero-order valence-electron chi connectivity index (χ0n) is 27.1. The summed E-state index contributed by atoms with van der Waals surface area (Å²) >= 11 is 0. The summed E-state index contributed by atoms with van der Waals surface area (Å²) in [6.45, 7) is 0. The molecule has 9 rings (SSSR count). The van der Waals surface area contributed by atoms with Gasteiger partial charge in [-0.2, -0.15) is 5.26 Å². The number of aromatic nitrogens is 2. The summed E-state index contributed by atoms with van der Waals surface area (Å²) < 4.78 is 0. The third kappa shape index (κ3) is 5.26. The smallest absolute Gasteiger partial charge is 0.160 e. The van der Waals surface area contributed by atoms with E-state index in [1.165, 1.54) is 37.9 Å². The fraction of sp³-hybridized carbons (Fsp3) is 0. The Morgan fingerprint density at radius 3 is 1.60 bits per heavy atom. The van der Waals surface area contributed by atoms with E-state index in [0.717, 1.165) is 44.8 Å². The Labute approximate surface area is 290 Å². The van der Waals surface area contributed by atoms with E-state index in [4.69, 9.17) is 9.97 Å². The van der Waals surface area contributed by atoms with E-state index >= 15 is 0 Å². The minimum Gasteiger partial charge on any atom is -0.228 e. The van der Waals surface area contributed by atoms with Gasteiger partial charge in [-0.1, -0.05) is 152 Å². The normalized spacial score (nSPS) is 11.2. The lowest BCUT2D eigenvalue weighted by atomic mass is 9.89. The second-order valence-corrected chi connectivity index (χ2v) is 12.5. The highest BCUT2D eigenvalue weighted by Crippen LogP contribution is 2.41. The van der Waals surface area contributed by atoms with E-state index in [2.05, 4.69) is 140 Å². The summed E-state index contributed by atoms with van der Waals surface area (Å²) in [6.07, 6.45) is 0. The molecule has 50 heavy (non-hydrogen) atoms. The summed E-state index contributed by atoms with van der Waals surface area (Å²) in [4.78, 5) is 10.2. The summed E-state index contributed by atoms with van der Waals surface area (Å²) in [6, 6.07) is 63.4. The molecule has 0 spiro atoms. The largest absolute Gasteiger partial charge is 0.228 e. The Morgan fingerprint density at radius 1 is 0.380 bits per heavy atom. The maximum absolute atomic E-state index is 9.19. The second kappa shape index (κ2) is 12.3. The lowest BCUT2D eigenvalue weighted by molar-refractivity contribution is 1.18. The molecule has 0 unspecified atom stereocenters. The van der Waals surface area contributed by atoms with Crippen LogP contribution in [0.4, 0.5) is 0 Å². The van der Waals surface area contributed by atoms with Gasteiger partial charge in [0.1, 0.15) is 0 Å². The van der Waals surface area contributed by atoms with Gasteiger partial charge in [-0.25, -0.2) is 9.97 Å². The van der Waals surface area contributed by atoms with E-state index in [9.17, 15) is 5.26 Å². The van der Waals surface area contributed by atoms with Gasteiger partial charge in [0.25, 0.3) is 0 Å². The molecule has 3 nitrogen and oxygen atoms in total. The van der Waals surface area contributed by atoms with Gasteiger partial charge in [0.2, 0.25) is 0 Å². The van der Waals surface area contributed by atoms with Gasteiger partial charge in [0.15, 0.2) is 5.82 Å². The van der Waals surface area contributed by atoms with Gasteiger partial charge >= 0.3 is 0 Å². The average Bonchev–Trinajstić information content (AvgIpc) is 3.20. The predicted molar refractivity (Wildman–Crippen MR) is 206 cm³/mol. The Kier molecular flexibility index (Phi) is 7.19. The quantitative estimate of drug-likeness (QED) is 0.140. The maximum atomic E-state index is 9.19. The molecule has 0 aliphatic rings. The number of nitrogens with zero attached hydrogens (tertiary/aromatic N) is 3. The van der Waals surface area contributed by atoms with Crippen molar-refractivity contribution in [1.82, 2.24) is 9.97 Å². The highest BCUT2D eigenvalue weighted by molar-refractivity contribution is 6.21. The molecule has 0 aliphatic heterocycles. The summed E-state index contributed by atoms with van der Waals surface area (Å²) in [7, 11) is 0. The van der Waals surface area contributed by atoms with Crippen LogP contribution in [0.3, 0.4) is 0 Å². The van der Waals surface area contributed by atoms with Crippen LogP contribution in [0, 0.1) is 11.3 Å². The fourth-order valence-electron chi connectivity index (χ4n) is 6.98. The first-order valence-electron chi connectivity index (χ1n) is 16.7. The van der Waals surface area contributed by atoms with Crippen LogP contribution in [0.15, 0.2) is 176 Å². The monoisotopic (exact) mass is 635 g/mol. The molecular weight excluding hydrogens is 607 g/mol. The summed E-state index contributed by atoms with van der Waals surface area (Å²) in [5.74, 6) is 0.678. The van der Waals surface area contributed by atoms with Crippen LogP contribution in [0.5, 0.6) is 0 Å². The third-order valence-electron chi connectivity index (χ3n) is 9.51. The first kappa shape index (κ1) is 29.3. The van der Waals surface area contributed by atoms with Gasteiger partial charge in [-0.05, 0) is 78.8 Å². The van der Waals surface area contributed by atoms with Crippen molar-refractivity contribution in [3.05, 3.63) is 181 Å². The summed E-state index contributed by atoms with van der Waals surface area (Å²) in [5.41, 5.74) is 9.93. The van der Waals surface area contributed by atoms with Crippen molar-refractivity contribution in [2.24, 2.45) is 0 Å². The highest BCUT2D eigenvalue weighted by Gasteiger charge is 2.15. The van der Waals surface area contributed by atoms with Crippen molar-refractivity contribution in [1.29, 1.82) is 5.26 Å². The number of nitriles is 1. The van der Waals surface area contributed by atoms with Crippen LogP contribution in [0.2, 0.25) is 0 Å². The van der Waals surface area contributed by atoms with Crippen LogP contribution in [-0.2, 0) is 0 Å². The SMILES string of the molecule is N#Cc1ccc(-c2ccc(-c3cc(-c4ccccc4)nc(-c4ccc(-c5c6ccccc6cc6ccc7ccccc7c56)cc4)n3)cc2)cc1. The van der Waals surface area contributed by atoms with Crippen molar-refractivity contribution in [3.63, 3.8) is 0 Å². The van der Waals surface area contributed by atoms with Gasteiger partial charge in [-0.3, -0.25) is 0 Å². The van der Waals surface area contributed by atoms with Crippen molar-refractivity contribution in [3.8, 4) is 62.2 Å². The lowest BCUT2D eigenvalue weighted by Gasteiger charge is -2.15. The average molecular weight is 636 g/mol. The van der Waals surface area contributed by atoms with Crippen LogP contribution in [0.25, 0.3) is 88.5 Å². The van der Waals surface area contributed by atoms with Gasteiger partial charge in [0, 0.05) is 16.7 Å². The molecule has 1 heterocycles. The molecule has 0 saturated heterocycles. The molecule has 0 N–H and O–H groups in total. The molecule has 1 aromatic heterocycles. The second-order valence-electron chi connectivity index (χ2n) is 12.5. The number of fused-ring (bicyclic) bond motifs is 4. The first-order valence-corrected chi connectivity index (χ1v) is 16.7. The number of rotatable bonds is 5. The zero-order valence-corrected chi connectivity index (χ0v) is 27.1. The molecular formula is C47H29N3. The predicted octanol–water partition coefficient (Wildman–Crippen LogP) is 12.1. The van der Waals surface area contributed by atoms with E-state index in [1.54, 1.807) is 0 Å².